The Morgan fingerprint density at radius 3 is 2.40 bits per heavy atom. The average Bonchev–Trinajstić information content (AvgIpc) is 2.50. The van der Waals surface area contributed by atoms with E-state index in [2.05, 4.69) is 15.9 Å². The molecule has 0 aliphatic carbocycles. The quantitative estimate of drug-likeness (QED) is 0.821. The first-order valence-corrected chi connectivity index (χ1v) is 8.79. The van der Waals surface area contributed by atoms with Crippen LogP contribution >= 0.6 is 15.9 Å². The van der Waals surface area contributed by atoms with Gasteiger partial charge in [0.15, 0.2) is 9.84 Å². The molecular weight excluding hydrogens is 342 g/mol. The molecule has 1 unspecified atom stereocenters. The Labute approximate surface area is 128 Å². The van der Waals surface area contributed by atoms with Crippen molar-refractivity contribution in [3.05, 3.63) is 22.7 Å². The fourth-order valence-corrected chi connectivity index (χ4v) is 5.83. The summed E-state index contributed by atoms with van der Waals surface area (Å²) >= 11 is 3.30. The molecule has 1 aliphatic heterocycles. The minimum atomic E-state index is -3.55. The second kappa shape index (κ2) is 4.71. The van der Waals surface area contributed by atoms with Gasteiger partial charge in [0, 0.05) is 4.47 Å². The second-order valence-corrected chi connectivity index (χ2v) is 9.40. The maximum Gasteiger partial charge on any atom is 0.186 e. The Morgan fingerprint density at radius 2 is 1.90 bits per heavy atom. The van der Waals surface area contributed by atoms with E-state index in [4.69, 9.17) is 10.5 Å². The summed E-state index contributed by atoms with van der Waals surface area (Å²) in [6, 6.07) is 4.89. The summed E-state index contributed by atoms with van der Waals surface area (Å²) in [7, 11) is -3.55. The third-order valence-electron chi connectivity index (χ3n) is 3.65. The van der Waals surface area contributed by atoms with Crippen LogP contribution in [0, 0.1) is 0 Å². The highest BCUT2D eigenvalue weighted by Gasteiger charge is 2.52. The molecule has 0 amide bonds. The Kier molecular flexibility index (Phi) is 3.72. The lowest BCUT2D eigenvalue weighted by Crippen LogP contribution is -2.38. The van der Waals surface area contributed by atoms with Crippen molar-refractivity contribution < 1.29 is 13.2 Å². The third kappa shape index (κ3) is 2.73. The number of nitrogens with two attached hydrogens (primary N) is 1. The number of nitrogen functional groups attached to an aromatic ring is 1. The molecule has 0 aromatic heterocycles. The first-order valence-electron chi connectivity index (χ1n) is 6.45. The van der Waals surface area contributed by atoms with Gasteiger partial charge >= 0.3 is 0 Å². The van der Waals surface area contributed by atoms with Gasteiger partial charge in [0.2, 0.25) is 0 Å². The van der Waals surface area contributed by atoms with Crippen molar-refractivity contribution in [2.45, 2.75) is 55.5 Å². The minimum Gasteiger partial charge on any atom is -0.398 e. The second-order valence-electron chi connectivity index (χ2n) is 6.39. The number of hydrogen-bond acceptors (Lipinski definition) is 4. The van der Waals surface area contributed by atoms with Crippen LogP contribution in [0.4, 0.5) is 5.69 Å². The Morgan fingerprint density at radius 1 is 1.30 bits per heavy atom. The number of halogens is 1. The molecule has 0 spiro atoms. The topological polar surface area (TPSA) is 69.4 Å². The van der Waals surface area contributed by atoms with Gasteiger partial charge in [0.25, 0.3) is 0 Å². The third-order valence-corrected chi connectivity index (χ3v) is 6.59. The van der Waals surface area contributed by atoms with Gasteiger partial charge in [-0.1, -0.05) is 15.9 Å². The van der Waals surface area contributed by atoms with Crippen LogP contribution in [-0.2, 0) is 14.6 Å². The summed E-state index contributed by atoms with van der Waals surface area (Å²) < 4.78 is 32.5. The molecule has 1 aliphatic rings. The molecule has 1 aromatic carbocycles. The van der Waals surface area contributed by atoms with Gasteiger partial charge in [0.1, 0.15) is 0 Å². The Bertz CT molecular complexity index is 638. The normalized spacial score (nSPS) is 24.8. The van der Waals surface area contributed by atoms with Crippen molar-refractivity contribution in [1.29, 1.82) is 0 Å². The molecule has 6 heteroatoms. The molecule has 2 rings (SSSR count). The molecule has 1 saturated heterocycles. The van der Waals surface area contributed by atoms with E-state index in [-0.39, 0.29) is 10.6 Å². The summed E-state index contributed by atoms with van der Waals surface area (Å²) in [5.74, 6) is 0. The molecule has 1 fully saturated rings. The van der Waals surface area contributed by atoms with E-state index in [0.29, 0.717) is 10.9 Å². The van der Waals surface area contributed by atoms with Crippen LogP contribution in [-0.4, -0.2) is 24.9 Å². The summed E-state index contributed by atoms with van der Waals surface area (Å²) in [5, 5.41) is -0.610. The first-order chi connectivity index (χ1) is 8.96. The number of hydrogen-bond donors (Lipinski definition) is 1. The van der Waals surface area contributed by atoms with Crippen molar-refractivity contribution in [2.24, 2.45) is 0 Å². The highest BCUT2D eigenvalue weighted by atomic mass is 79.9. The molecule has 20 heavy (non-hydrogen) atoms. The molecule has 1 aromatic rings. The van der Waals surface area contributed by atoms with Crippen LogP contribution in [0.3, 0.4) is 0 Å². The van der Waals surface area contributed by atoms with Crippen molar-refractivity contribution >= 4 is 31.5 Å². The molecule has 0 saturated carbocycles. The molecular formula is C14H20BrNO3S. The van der Waals surface area contributed by atoms with Gasteiger partial charge in [-0.15, -0.1) is 0 Å². The monoisotopic (exact) mass is 361 g/mol. The zero-order valence-corrected chi connectivity index (χ0v) is 14.5. The number of ether oxygens (including phenoxy) is 1. The maximum atomic E-state index is 12.9. The smallest absolute Gasteiger partial charge is 0.186 e. The molecule has 2 N–H and O–H groups in total. The molecule has 0 bridgehead atoms. The number of benzene rings is 1. The first kappa shape index (κ1) is 15.8. The van der Waals surface area contributed by atoms with Gasteiger partial charge in [0.05, 0.1) is 27.0 Å². The molecule has 112 valence electrons. The van der Waals surface area contributed by atoms with E-state index in [1.165, 1.54) is 0 Å². The van der Waals surface area contributed by atoms with E-state index < -0.39 is 26.3 Å². The molecule has 0 radical (unpaired) electrons. The highest BCUT2D eigenvalue weighted by Crippen LogP contribution is 2.44. The van der Waals surface area contributed by atoms with Crippen LogP contribution < -0.4 is 5.73 Å². The van der Waals surface area contributed by atoms with Gasteiger partial charge in [-0.3, -0.25) is 0 Å². The molecule has 1 heterocycles. The van der Waals surface area contributed by atoms with E-state index >= 15 is 0 Å². The summed E-state index contributed by atoms with van der Waals surface area (Å²) in [6.45, 7) is 7.46. The van der Waals surface area contributed by atoms with Crippen LogP contribution in [0.25, 0.3) is 0 Å². The lowest BCUT2D eigenvalue weighted by Gasteiger charge is -2.27. The van der Waals surface area contributed by atoms with Crippen LogP contribution in [0.2, 0.25) is 0 Å². The fourth-order valence-electron chi connectivity index (χ4n) is 2.90. The largest absolute Gasteiger partial charge is 0.398 e. The number of rotatable bonds is 2. The van der Waals surface area contributed by atoms with E-state index in [1.807, 2.05) is 27.7 Å². The van der Waals surface area contributed by atoms with Crippen molar-refractivity contribution in [1.82, 2.24) is 0 Å². The predicted octanol–water partition coefficient (Wildman–Crippen LogP) is 3.15. The van der Waals surface area contributed by atoms with Crippen LogP contribution in [0.1, 0.15) is 34.1 Å². The highest BCUT2D eigenvalue weighted by molar-refractivity contribution is 9.10. The predicted molar refractivity (Wildman–Crippen MR) is 83.4 cm³/mol. The number of anilines is 1. The van der Waals surface area contributed by atoms with E-state index in [9.17, 15) is 8.42 Å². The van der Waals surface area contributed by atoms with Gasteiger partial charge < -0.3 is 10.5 Å². The Balaban J connectivity index is 2.53. The standard InChI is InChI=1S/C14H20BrNO3S/c1-13(2)8-12(14(3,4)19-13)20(17,18)11-7-9(15)5-6-10(11)16/h5-7,12H,8,16H2,1-4H3. The number of sulfone groups is 1. The molecule has 1 atom stereocenters. The van der Waals surface area contributed by atoms with E-state index in [1.54, 1.807) is 18.2 Å². The Hall–Kier alpha value is -0.590. The zero-order valence-electron chi connectivity index (χ0n) is 12.1. The van der Waals surface area contributed by atoms with Gasteiger partial charge in [-0.05, 0) is 52.3 Å². The zero-order chi connectivity index (χ0) is 15.3. The lowest BCUT2D eigenvalue weighted by atomic mass is 10.0. The van der Waals surface area contributed by atoms with Crippen molar-refractivity contribution in [3.63, 3.8) is 0 Å². The summed E-state index contributed by atoms with van der Waals surface area (Å²) in [6.07, 6.45) is 0.453. The maximum absolute atomic E-state index is 12.9. The van der Waals surface area contributed by atoms with E-state index in [0.717, 1.165) is 0 Å². The van der Waals surface area contributed by atoms with Crippen molar-refractivity contribution in [2.75, 3.05) is 5.73 Å². The van der Waals surface area contributed by atoms with Gasteiger partial charge in [-0.2, -0.15) is 0 Å². The van der Waals surface area contributed by atoms with Gasteiger partial charge in [-0.25, -0.2) is 8.42 Å². The molecule has 4 nitrogen and oxygen atoms in total. The van der Waals surface area contributed by atoms with Crippen LogP contribution in [0.15, 0.2) is 27.6 Å². The van der Waals surface area contributed by atoms with Crippen LogP contribution in [0.5, 0.6) is 0 Å². The van der Waals surface area contributed by atoms with Crippen molar-refractivity contribution in [3.8, 4) is 0 Å². The average molecular weight is 362 g/mol. The fraction of sp³-hybridized carbons (Fsp3) is 0.571. The SMILES string of the molecule is CC1(C)CC(S(=O)(=O)c2cc(Br)ccc2N)C(C)(C)O1. The summed E-state index contributed by atoms with van der Waals surface area (Å²) in [4.78, 5) is 0.172. The minimum absolute atomic E-state index is 0.172. The summed E-state index contributed by atoms with van der Waals surface area (Å²) in [5.41, 5.74) is 4.94. The lowest BCUT2D eigenvalue weighted by molar-refractivity contribution is -0.0635.